The zero-order valence-electron chi connectivity index (χ0n) is 16.6. The van der Waals surface area contributed by atoms with Crippen LogP contribution in [-0.4, -0.2) is 50.7 Å². The van der Waals surface area contributed by atoms with E-state index < -0.39 is 23.9 Å². The molecule has 1 aliphatic heterocycles. The van der Waals surface area contributed by atoms with E-state index in [1.54, 1.807) is 30.5 Å². The topological polar surface area (TPSA) is 175 Å². The molecular weight excluding hydrogens is 404 g/mol. The highest BCUT2D eigenvalue weighted by molar-refractivity contribution is 6.15. The van der Waals surface area contributed by atoms with Gasteiger partial charge >= 0.3 is 11.9 Å². The van der Waals surface area contributed by atoms with Gasteiger partial charge in [0.1, 0.15) is 17.7 Å². The third-order valence-corrected chi connectivity index (χ3v) is 4.97. The number of carboxylic acids is 2. The number of nitrogens with zero attached hydrogens (tertiary/aromatic N) is 1. The number of aromatic amines is 1. The number of amidine groups is 1. The van der Waals surface area contributed by atoms with Crippen LogP contribution in [0.3, 0.4) is 0 Å². The van der Waals surface area contributed by atoms with Gasteiger partial charge in [-0.25, -0.2) is 9.79 Å². The van der Waals surface area contributed by atoms with Gasteiger partial charge in [0.2, 0.25) is 0 Å². The van der Waals surface area contributed by atoms with Crippen molar-refractivity contribution in [3.63, 3.8) is 0 Å². The molecular formula is C21H22N4O6. The van der Waals surface area contributed by atoms with Gasteiger partial charge in [0.05, 0.1) is 12.0 Å². The van der Waals surface area contributed by atoms with Crippen molar-refractivity contribution in [3.8, 4) is 0 Å². The highest BCUT2D eigenvalue weighted by atomic mass is 16.4. The fourth-order valence-corrected chi connectivity index (χ4v) is 3.35. The SMILES string of the molecule is NC1=Nc2[nH]cc(CCc3ccc(C(=O)N[C@H](CCC(=O)O)C(=O)O)cc3)c2C(=O)C1. The molecule has 0 fully saturated rings. The van der Waals surface area contributed by atoms with Crippen molar-refractivity contribution in [2.45, 2.75) is 38.1 Å². The fourth-order valence-electron chi connectivity index (χ4n) is 3.35. The maximum atomic E-state index is 12.3. The predicted molar refractivity (Wildman–Crippen MR) is 111 cm³/mol. The van der Waals surface area contributed by atoms with Crippen LogP contribution < -0.4 is 11.1 Å². The van der Waals surface area contributed by atoms with Crippen molar-refractivity contribution in [1.29, 1.82) is 0 Å². The third kappa shape index (κ3) is 5.35. The van der Waals surface area contributed by atoms with Crippen LogP contribution in [0.15, 0.2) is 35.5 Å². The van der Waals surface area contributed by atoms with Crippen LogP contribution in [-0.2, 0) is 22.4 Å². The Balaban J connectivity index is 1.61. The number of fused-ring (bicyclic) bond motifs is 1. The van der Waals surface area contributed by atoms with Gasteiger partial charge in [-0.3, -0.25) is 14.4 Å². The molecule has 0 unspecified atom stereocenters. The van der Waals surface area contributed by atoms with Gasteiger partial charge in [0.25, 0.3) is 5.91 Å². The van der Waals surface area contributed by atoms with Crippen molar-refractivity contribution in [2.75, 3.05) is 0 Å². The highest BCUT2D eigenvalue weighted by Crippen LogP contribution is 2.28. The van der Waals surface area contributed by atoms with E-state index in [0.717, 1.165) is 11.1 Å². The maximum Gasteiger partial charge on any atom is 0.326 e. The van der Waals surface area contributed by atoms with Gasteiger partial charge in [0.15, 0.2) is 5.78 Å². The first kappa shape index (κ1) is 21.8. The number of aryl methyl sites for hydroxylation is 2. The summed E-state index contributed by atoms with van der Waals surface area (Å²) in [4.78, 5) is 53.5. The number of hydrogen-bond acceptors (Lipinski definition) is 6. The van der Waals surface area contributed by atoms with E-state index in [1.165, 1.54) is 0 Å². The van der Waals surface area contributed by atoms with E-state index in [-0.39, 0.29) is 36.4 Å². The zero-order valence-corrected chi connectivity index (χ0v) is 16.6. The van der Waals surface area contributed by atoms with Crippen molar-refractivity contribution in [3.05, 3.63) is 52.7 Å². The van der Waals surface area contributed by atoms with Crippen LogP contribution in [0.1, 0.15) is 51.1 Å². The number of nitrogens with two attached hydrogens (primary N) is 1. The van der Waals surface area contributed by atoms with E-state index in [0.29, 0.717) is 24.2 Å². The summed E-state index contributed by atoms with van der Waals surface area (Å²) in [6.45, 7) is 0. The van der Waals surface area contributed by atoms with Gasteiger partial charge < -0.3 is 26.2 Å². The Labute approximate surface area is 177 Å². The molecule has 31 heavy (non-hydrogen) atoms. The quantitative estimate of drug-likeness (QED) is 0.403. The average Bonchev–Trinajstić information content (AvgIpc) is 3.12. The molecule has 0 radical (unpaired) electrons. The average molecular weight is 426 g/mol. The van der Waals surface area contributed by atoms with Crippen LogP contribution in [0.4, 0.5) is 5.82 Å². The van der Waals surface area contributed by atoms with Gasteiger partial charge in [-0.05, 0) is 42.5 Å². The molecule has 2 heterocycles. The monoisotopic (exact) mass is 426 g/mol. The molecule has 0 bridgehead atoms. The summed E-state index contributed by atoms with van der Waals surface area (Å²) in [5, 5.41) is 20.2. The minimum Gasteiger partial charge on any atom is -0.481 e. The van der Waals surface area contributed by atoms with Gasteiger partial charge in [-0.15, -0.1) is 0 Å². The first-order valence-electron chi connectivity index (χ1n) is 9.65. The predicted octanol–water partition coefficient (Wildman–Crippen LogP) is 1.42. The number of hydrogen-bond donors (Lipinski definition) is 5. The molecule has 1 amide bonds. The third-order valence-electron chi connectivity index (χ3n) is 4.97. The first-order valence-corrected chi connectivity index (χ1v) is 9.65. The normalized spacial score (nSPS) is 13.8. The second-order valence-electron chi connectivity index (χ2n) is 7.23. The number of nitrogens with one attached hydrogen (secondary N) is 2. The zero-order chi connectivity index (χ0) is 22.5. The molecule has 0 saturated carbocycles. The molecule has 1 aromatic carbocycles. The van der Waals surface area contributed by atoms with Crippen LogP contribution in [0.5, 0.6) is 0 Å². The summed E-state index contributed by atoms with van der Waals surface area (Å²) < 4.78 is 0. The number of carbonyl (C=O) groups is 4. The van der Waals surface area contributed by atoms with E-state index in [1.807, 2.05) is 0 Å². The van der Waals surface area contributed by atoms with Crippen molar-refractivity contribution in [2.24, 2.45) is 10.7 Å². The number of rotatable bonds is 9. The number of Topliss-reactive ketones (excluding diaryl/α,β-unsaturated/α-hetero) is 1. The smallest absolute Gasteiger partial charge is 0.326 e. The lowest BCUT2D eigenvalue weighted by Crippen LogP contribution is -2.41. The lowest BCUT2D eigenvalue weighted by atomic mass is 9.98. The standard InChI is InChI=1S/C21H22N4O6/c22-16-9-15(26)18-13(10-23-19(18)25-16)6-3-11-1-4-12(5-2-11)20(29)24-14(21(30)31)7-8-17(27)28/h1-2,4-5,10,14,23H,3,6-9H2,(H2,22,25)(H,24,29)(H,27,28)(H,30,31)/t14-/m1/s1. The fraction of sp³-hybridized carbons (Fsp3) is 0.286. The van der Waals surface area contributed by atoms with Crippen LogP contribution in [0, 0.1) is 0 Å². The maximum absolute atomic E-state index is 12.3. The van der Waals surface area contributed by atoms with Gasteiger partial charge in [0, 0.05) is 18.2 Å². The summed E-state index contributed by atoms with van der Waals surface area (Å²) in [7, 11) is 0. The Morgan fingerprint density at radius 3 is 2.52 bits per heavy atom. The lowest BCUT2D eigenvalue weighted by molar-refractivity contribution is -0.140. The number of carbonyl (C=O) groups excluding carboxylic acids is 2. The first-order chi connectivity index (χ1) is 14.7. The molecule has 10 heteroatoms. The second-order valence-corrected chi connectivity index (χ2v) is 7.23. The van der Waals surface area contributed by atoms with E-state index in [9.17, 15) is 19.2 Å². The molecule has 1 aromatic heterocycles. The Bertz CT molecular complexity index is 1050. The molecule has 6 N–H and O–H groups in total. The number of amides is 1. The lowest BCUT2D eigenvalue weighted by Gasteiger charge is -2.13. The van der Waals surface area contributed by atoms with Crippen molar-refractivity contribution in [1.82, 2.24) is 10.3 Å². The largest absolute Gasteiger partial charge is 0.481 e. The molecule has 0 aliphatic carbocycles. The van der Waals surface area contributed by atoms with E-state index >= 15 is 0 Å². The molecule has 0 spiro atoms. The minimum absolute atomic E-state index is 0.0679. The molecule has 3 rings (SSSR count). The van der Waals surface area contributed by atoms with Crippen LogP contribution in [0.2, 0.25) is 0 Å². The number of aliphatic imine (C=N–C) groups is 1. The Morgan fingerprint density at radius 2 is 1.87 bits per heavy atom. The van der Waals surface area contributed by atoms with Gasteiger partial charge in [-0.1, -0.05) is 12.1 Å². The van der Waals surface area contributed by atoms with E-state index in [2.05, 4.69) is 15.3 Å². The highest BCUT2D eigenvalue weighted by Gasteiger charge is 2.24. The summed E-state index contributed by atoms with van der Waals surface area (Å²) in [5.74, 6) is -2.32. The molecule has 162 valence electrons. The van der Waals surface area contributed by atoms with Crippen LogP contribution >= 0.6 is 0 Å². The van der Waals surface area contributed by atoms with Crippen molar-refractivity contribution >= 4 is 35.3 Å². The van der Waals surface area contributed by atoms with Crippen molar-refractivity contribution < 1.29 is 29.4 Å². The number of aromatic nitrogens is 1. The van der Waals surface area contributed by atoms with Crippen LogP contribution in [0.25, 0.3) is 0 Å². The Hall–Kier alpha value is -3.95. The Morgan fingerprint density at radius 1 is 1.16 bits per heavy atom. The summed E-state index contributed by atoms with van der Waals surface area (Å²) in [6.07, 6.45) is 2.49. The molecule has 10 nitrogen and oxygen atoms in total. The molecule has 1 atom stereocenters. The number of H-pyrrole nitrogens is 1. The molecule has 1 aliphatic rings. The number of aliphatic carboxylic acids is 2. The number of benzene rings is 1. The summed E-state index contributed by atoms with van der Waals surface area (Å²) in [5.41, 5.74) is 8.25. The molecule has 2 aromatic rings. The van der Waals surface area contributed by atoms with E-state index in [4.69, 9.17) is 15.9 Å². The molecule has 0 saturated heterocycles. The number of carboxylic acid groups (broad SMARTS) is 2. The summed E-state index contributed by atoms with van der Waals surface area (Å²) >= 11 is 0. The Kier molecular flexibility index (Phi) is 6.49. The minimum atomic E-state index is -1.29. The van der Waals surface area contributed by atoms with Gasteiger partial charge in [-0.2, -0.15) is 0 Å². The second kappa shape index (κ2) is 9.24. The number of ketones is 1. The summed E-state index contributed by atoms with van der Waals surface area (Å²) in [6, 6.07) is 5.36.